The number of hydrogen-bond acceptors (Lipinski definition) is 3. The number of anilines is 1. The SMILES string of the molecule is CCS(=O)(=O)Nc1ccc(O)cc1Cl. The number of sulfonamides is 1. The van der Waals surface area contributed by atoms with Crippen LogP contribution in [0, 0.1) is 0 Å². The van der Waals surface area contributed by atoms with E-state index in [-0.39, 0.29) is 22.2 Å². The molecule has 0 atom stereocenters. The third-order valence-corrected chi connectivity index (χ3v) is 3.20. The van der Waals surface area contributed by atoms with E-state index in [1.165, 1.54) is 25.1 Å². The van der Waals surface area contributed by atoms with Crippen LogP contribution >= 0.6 is 11.6 Å². The van der Waals surface area contributed by atoms with E-state index in [0.29, 0.717) is 0 Å². The van der Waals surface area contributed by atoms with Gasteiger partial charge in [0.25, 0.3) is 0 Å². The zero-order chi connectivity index (χ0) is 10.8. The summed E-state index contributed by atoms with van der Waals surface area (Å²) in [6.45, 7) is 1.52. The molecular formula is C8H10ClNO3S. The molecule has 0 radical (unpaired) electrons. The maximum absolute atomic E-state index is 11.2. The van der Waals surface area contributed by atoms with E-state index in [1.54, 1.807) is 0 Å². The van der Waals surface area contributed by atoms with Crippen molar-refractivity contribution in [3.63, 3.8) is 0 Å². The van der Waals surface area contributed by atoms with E-state index in [4.69, 9.17) is 16.7 Å². The van der Waals surface area contributed by atoms with E-state index in [1.807, 2.05) is 0 Å². The summed E-state index contributed by atoms with van der Waals surface area (Å²) in [5, 5.41) is 9.20. The molecule has 78 valence electrons. The van der Waals surface area contributed by atoms with Crippen molar-refractivity contribution >= 4 is 27.3 Å². The maximum Gasteiger partial charge on any atom is 0.232 e. The number of rotatable bonds is 3. The molecule has 0 aliphatic carbocycles. The van der Waals surface area contributed by atoms with Gasteiger partial charge in [0.1, 0.15) is 5.75 Å². The normalized spacial score (nSPS) is 11.3. The number of aromatic hydroxyl groups is 1. The molecule has 2 N–H and O–H groups in total. The van der Waals surface area contributed by atoms with Gasteiger partial charge in [0.2, 0.25) is 10.0 Å². The van der Waals surface area contributed by atoms with Crippen molar-refractivity contribution in [2.24, 2.45) is 0 Å². The molecule has 0 spiro atoms. The highest BCUT2D eigenvalue weighted by molar-refractivity contribution is 7.92. The highest BCUT2D eigenvalue weighted by atomic mass is 35.5. The molecule has 0 saturated heterocycles. The Morgan fingerprint density at radius 1 is 1.50 bits per heavy atom. The van der Waals surface area contributed by atoms with Crippen molar-refractivity contribution in [2.75, 3.05) is 10.5 Å². The fraction of sp³-hybridized carbons (Fsp3) is 0.250. The third kappa shape index (κ3) is 2.78. The van der Waals surface area contributed by atoms with Crippen molar-refractivity contribution in [3.8, 4) is 5.75 Å². The number of phenolic OH excluding ortho intramolecular Hbond substituents is 1. The molecule has 0 aliphatic rings. The Labute approximate surface area is 87.6 Å². The van der Waals surface area contributed by atoms with Crippen LogP contribution in [0.4, 0.5) is 5.69 Å². The topological polar surface area (TPSA) is 66.4 Å². The van der Waals surface area contributed by atoms with E-state index >= 15 is 0 Å². The van der Waals surface area contributed by atoms with Crippen LogP contribution < -0.4 is 4.72 Å². The van der Waals surface area contributed by atoms with Crippen molar-refractivity contribution in [2.45, 2.75) is 6.92 Å². The van der Waals surface area contributed by atoms with Crippen LogP contribution in [0.5, 0.6) is 5.75 Å². The van der Waals surface area contributed by atoms with Gasteiger partial charge in [-0.3, -0.25) is 4.72 Å². The fourth-order valence-corrected chi connectivity index (χ4v) is 1.76. The van der Waals surface area contributed by atoms with Gasteiger partial charge in [-0.2, -0.15) is 0 Å². The minimum absolute atomic E-state index is 0.00514. The highest BCUT2D eigenvalue weighted by Gasteiger charge is 2.09. The predicted molar refractivity (Wildman–Crippen MR) is 56.2 cm³/mol. The Bertz CT molecular complexity index is 430. The number of phenols is 1. The van der Waals surface area contributed by atoms with Crippen LogP contribution in [-0.4, -0.2) is 19.3 Å². The van der Waals surface area contributed by atoms with Crippen LogP contribution in [0.25, 0.3) is 0 Å². The molecule has 0 bridgehead atoms. The first-order valence-electron chi connectivity index (χ1n) is 3.93. The van der Waals surface area contributed by atoms with Crippen LogP contribution in [0.2, 0.25) is 5.02 Å². The molecule has 0 amide bonds. The quantitative estimate of drug-likeness (QED) is 0.786. The number of nitrogens with one attached hydrogen (secondary N) is 1. The molecule has 0 heterocycles. The number of halogens is 1. The van der Waals surface area contributed by atoms with Crippen molar-refractivity contribution < 1.29 is 13.5 Å². The number of benzene rings is 1. The minimum atomic E-state index is -3.32. The molecule has 0 saturated carbocycles. The monoisotopic (exact) mass is 235 g/mol. The van der Waals surface area contributed by atoms with E-state index in [2.05, 4.69) is 4.72 Å². The van der Waals surface area contributed by atoms with Gasteiger partial charge in [-0.05, 0) is 19.1 Å². The Kier molecular flexibility index (Phi) is 3.23. The van der Waals surface area contributed by atoms with Gasteiger partial charge >= 0.3 is 0 Å². The summed E-state index contributed by atoms with van der Waals surface area (Å²) in [6, 6.07) is 4.04. The average Bonchev–Trinajstić information content (AvgIpc) is 2.10. The molecule has 0 aromatic heterocycles. The summed E-state index contributed by atoms with van der Waals surface area (Å²) < 4.78 is 24.6. The van der Waals surface area contributed by atoms with Gasteiger partial charge < -0.3 is 5.11 Å². The molecule has 0 fully saturated rings. The zero-order valence-electron chi connectivity index (χ0n) is 7.49. The van der Waals surface area contributed by atoms with Crippen LogP contribution in [0.1, 0.15) is 6.92 Å². The van der Waals surface area contributed by atoms with Crippen LogP contribution in [0.3, 0.4) is 0 Å². The molecule has 0 aliphatic heterocycles. The Balaban J connectivity index is 2.99. The summed E-state index contributed by atoms with van der Waals surface area (Å²) in [5.41, 5.74) is 0.270. The van der Waals surface area contributed by atoms with Gasteiger partial charge in [0, 0.05) is 6.07 Å². The van der Waals surface area contributed by atoms with E-state index in [9.17, 15) is 8.42 Å². The molecule has 1 aromatic rings. The Morgan fingerprint density at radius 2 is 2.14 bits per heavy atom. The van der Waals surface area contributed by atoms with E-state index in [0.717, 1.165) is 0 Å². The van der Waals surface area contributed by atoms with Gasteiger partial charge in [0.15, 0.2) is 0 Å². The molecule has 1 rings (SSSR count). The van der Waals surface area contributed by atoms with Gasteiger partial charge in [0.05, 0.1) is 16.5 Å². The zero-order valence-corrected chi connectivity index (χ0v) is 9.06. The summed E-state index contributed by atoms with van der Waals surface area (Å²) >= 11 is 5.71. The van der Waals surface area contributed by atoms with Crippen molar-refractivity contribution in [1.29, 1.82) is 0 Å². The van der Waals surface area contributed by atoms with Crippen LogP contribution in [-0.2, 0) is 10.0 Å². The van der Waals surface area contributed by atoms with Gasteiger partial charge in [-0.1, -0.05) is 11.6 Å². The maximum atomic E-state index is 11.2. The summed E-state index contributed by atoms with van der Waals surface area (Å²) in [7, 11) is -3.32. The lowest BCUT2D eigenvalue weighted by atomic mass is 10.3. The molecule has 4 nitrogen and oxygen atoms in total. The predicted octanol–water partition coefficient (Wildman–Crippen LogP) is 1.81. The van der Waals surface area contributed by atoms with Gasteiger partial charge in [-0.25, -0.2) is 8.42 Å². The third-order valence-electron chi connectivity index (χ3n) is 1.60. The van der Waals surface area contributed by atoms with Crippen molar-refractivity contribution in [1.82, 2.24) is 0 Å². The van der Waals surface area contributed by atoms with Crippen LogP contribution in [0.15, 0.2) is 18.2 Å². The molecular weight excluding hydrogens is 226 g/mol. The second-order valence-electron chi connectivity index (χ2n) is 2.67. The first-order valence-corrected chi connectivity index (χ1v) is 5.96. The van der Waals surface area contributed by atoms with Gasteiger partial charge in [-0.15, -0.1) is 0 Å². The first kappa shape index (κ1) is 11.1. The lowest BCUT2D eigenvalue weighted by Gasteiger charge is -2.07. The molecule has 1 aromatic carbocycles. The molecule has 14 heavy (non-hydrogen) atoms. The van der Waals surface area contributed by atoms with Crippen molar-refractivity contribution in [3.05, 3.63) is 23.2 Å². The lowest BCUT2D eigenvalue weighted by Crippen LogP contribution is -2.14. The first-order chi connectivity index (χ1) is 6.44. The average molecular weight is 236 g/mol. The summed E-state index contributed by atoms with van der Waals surface area (Å²) in [5.74, 6) is -0.0287. The summed E-state index contributed by atoms with van der Waals surface area (Å²) in [4.78, 5) is 0. The lowest BCUT2D eigenvalue weighted by molar-refractivity contribution is 0.475. The number of hydrogen-bond donors (Lipinski definition) is 2. The fourth-order valence-electron chi connectivity index (χ4n) is 0.826. The second kappa shape index (κ2) is 4.06. The smallest absolute Gasteiger partial charge is 0.232 e. The highest BCUT2D eigenvalue weighted by Crippen LogP contribution is 2.26. The standard InChI is InChI=1S/C8H10ClNO3S/c1-2-14(12,13)10-8-4-3-6(11)5-7(8)9/h3-5,10-11H,2H2,1H3. The minimum Gasteiger partial charge on any atom is -0.508 e. The Hall–Kier alpha value is -0.940. The van der Waals surface area contributed by atoms with E-state index < -0.39 is 10.0 Å². The molecule has 6 heteroatoms. The Morgan fingerprint density at radius 3 is 2.64 bits per heavy atom. The molecule has 0 unspecified atom stereocenters. The second-order valence-corrected chi connectivity index (χ2v) is 5.09. The summed E-state index contributed by atoms with van der Waals surface area (Å²) in [6.07, 6.45) is 0. The largest absolute Gasteiger partial charge is 0.508 e.